The normalized spacial score (nSPS) is 13.0. The molecule has 0 aliphatic heterocycles. The zero-order valence-electron chi connectivity index (χ0n) is 13.8. The van der Waals surface area contributed by atoms with Crippen LogP contribution in [0.4, 0.5) is 4.79 Å². The second-order valence-corrected chi connectivity index (χ2v) is 6.15. The molecule has 5 heteroatoms. The van der Waals surface area contributed by atoms with Crippen molar-refractivity contribution in [1.82, 2.24) is 10.2 Å². The van der Waals surface area contributed by atoms with Crippen molar-refractivity contribution in [2.24, 2.45) is 0 Å². The van der Waals surface area contributed by atoms with Crippen LogP contribution in [-0.4, -0.2) is 36.2 Å². The van der Waals surface area contributed by atoms with Crippen molar-refractivity contribution in [3.63, 3.8) is 0 Å². The van der Waals surface area contributed by atoms with E-state index in [0.717, 1.165) is 18.5 Å². The van der Waals surface area contributed by atoms with Crippen molar-refractivity contribution in [2.75, 3.05) is 19.6 Å². The maximum absolute atomic E-state index is 12.0. The van der Waals surface area contributed by atoms with Gasteiger partial charge in [-0.2, -0.15) is 0 Å². The fourth-order valence-electron chi connectivity index (χ4n) is 1.93. The first kappa shape index (κ1) is 17.6. The van der Waals surface area contributed by atoms with Crippen molar-refractivity contribution in [2.45, 2.75) is 52.7 Å². The zero-order chi connectivity index (χ0) is 15.9. The number of ether oxygens (including phenoxy) is 1. The molecule has 0 aliphatic rings. The highest BCUT2D eigenvalue weighted by Crippen LogP contribution is 2.12. The van der Waals surface area contributed by atoms with Gasteiger partial charge in [0.1, 0.15) is 5.60 Å². The van der Waals surface area contributed by atoms with Crippen LogP contribution in [0.1, 0.15) is 52.6 Å². The lowest BCUT2D eigenvalue weighted by molar-refractivity contribution is 0.0258. The Hall–Kier alpha value is -1.49. The molecule has 0 spiro atoms. The van der Waals surface area contributed by atoms with E-state index in [1.165, 1.54) is 0 Å². The Kier molecular flexibility index (Phi) is 6.75. The highest BCUT2D eigenvalue weighted by atomic mass is 16.6. The third-order valence-electron chi connectivity index (χ3n) is 3.13. The van der Waals surface area contributed by atoms with Crippen LogP contribution in [-0.2, 0) is 4.74 Å². The molecular weight excluding hydrogens is 268 g/mol. The van der Waals surface area contributed by atoms with Gasteiger partial charge >= 0.3 is 6.09 Å². The van der Waals surface area contributed by atoms with Crippen LogP contribution in [0, 0.1) is 0 Å². The van der Waals surface area contributed by atoms with Crippen molar-refractivity contribution < 1.29 is 13.9 Å². The number of rotatable bonds is 7. The average Bonchev–Trinajstić information content (AvgIpc) is 2.90. The fourth-order valence-corrected chi connectivity index (χ4v) is 1.93. The van der Waals surface area contributed by atoms with Gasteiger partial charge in [0.05, 0.1) is 12.5 Å². The summed E-state index contributed by atoms with van der Waals surface area (Å²) in [6, 6.07) is 2.21. The van der Waals surface area contributed by atoms with E-state index in [0.29, 0.717) is 13.1 Å². The first-order valence-electron chi connectivity index (χ1n) is 7.57. The number of hydrogen-bond donors (Lipinski definition) is 1. The van der Waals surface area contributed by atoms with Gasteiger partial charge in [-0.3, -0.25) is 0 Å². The van der Waals surface area contributed by atoms with Gasteiger partial charge in [-0.05, 0) is 53.7 Å². The number of carbonyl (C=O) groups excluding carboxylic acids is 1. The van der Waals surface area contributed by atoms with E-state index in [9.17, 15) is 4.79 Å². The molecule has 0 saturated carbocycles. The van der Waals surface area contributed by atoms with Crippen LogP contribution in [0.2, 0.25) is 0 Å². The molecule has 0 radical (unpaired) electrons. The van der Waals surface area contributed by atoms with Gasteiger partial charge in [0.15, 0.2) is 0 Å². The summed E-state index contributed by atoms with van der Waals surface area (Å²) in [4.78, 5) is 13.7. The number of nitrogens with one attached hydrogen (secondary N) is 1. The first-order valence-corrected chi connectivity index (χ1v) is 7.57. The zero-order valence-corrected chi connectivity index (χ0v) is 13.8. The third-order valence-corrected chi connectivity index (χ3v) is 3.13. The van der Waals surface area contributed by atoms with Gasteiger partial charge in [-0.25, -0.2) is 4.79 Å². The average molecular weight is 296 g/mol. The third kappa shape index (κ3) is 6.67. The molecule has 1 rings (SSSR count). The second-order valence-electron chi connectivity index (χ2n) is 6.15. The quantitative estimate of drug-likeness (QED) is 0.781. The maximum atomic E-state index is 12.0. The number of amides is 1. The van der Waals surface area contributed by atoms with Crippen LogP contribution in [0.5, 0.6) is 0 Å². The summed E-state index contributed by atoms with van der Waals surface area (Å²) in [5.41, 5.74) is 0.688. The van der Waals surface area contributed by atoms with E-state index in [1.54, 1.807) is 17.4 Å². The molecule has 0 fully saturated rings. The molecule has 1 amide bonds. The monoisotopic (exact) mass is 296 g/mol. The van der Waals surface area contributed by atoms with E-state index in [2.05, 4.69) is 12.2 Å². The van der Waals surface area contributed by atoms with Crippen LogP contribution in [0.3, 0.4) is 0 Å². The van der Waals surface area contributed by atoms with Crippen molar-refractivity contribution in [3.8, 4) is 0 Å². The Balaban J connectivity index is 2.27. The molecule has 1 unspecified atom stereocenters. The van der Waals surface area contributed by atoms with Crippen LogP contribution in [0.25, 0.3) is 0 Å². The Morgan fingerprint density at radius 1 is 1.48 bits per heavy atom. The Morgan fingerprint density at radius 3 is 2.71 bits per heavy atom. The number of carbonyl (C=O) groups is 1. The molecule has 0 saturated heterocycles. The molecule has 1 aromatic rings. The maximum Gasteiger partial charge on any atom is 0.410 e. The van der Waals surface area contributed by atoms with E-state index < -0.39 is 5.60 Å². The Labute approximate surface area is 127 Å². The van der Waals surface area contributed by atoms with E-state index in [1.807, 2.05) is 33.8 Å². The summed E-state index contributed by atoms with van der Waals surface area (Å²) in [7, 11) is 0. The largest absolute Gasteiger partial charge is 0.472 e. The van der Waals surface area contributed by atoms with E-state index in [-0.39, 0.29) is 12.1 Å². The second kappa shape index (κ2) is 8.08. The minimum atomic E-state index is -0.446. The summed E-state index contributed by atoms with van der Waals surface area (Å²) < 4.78 is 10.4. The predicted molar refractivity (Wildman–Crippen MR) is 83.2 cm³/mol. The van der Waals surface area contributed by atoms with Gasteiger partial charge in [-0.15, -0.1) is 0 Å². The number of nitrogens with zero attached hydrogens (tertiary/aromatic N) is 1. The molecule has 120 valence electrons. The summed E-state index contributed by atoms with van der Waals surface area (Å²) >= 11 is 0. The minimum absolute atomic E-state index is 0.243. The highest BCUT2D eigenvalue weighted by Gasteiger charge is 2.20. The SMILES string of the molecule is CCN(CCCNC(C)c1ccoc1)C(=O)OC(C)(C)C. The summed E-state index contributed by atoms with van der Waals surface area (Å²) in [5, 5.41) is 3.41. The lowest BCUT2D eigenvalue weighted by Gasteiger charge is -2.26. The Morgan fingerprint density at radius 2 is 2.19 bits per heavy atom. The van der Waals surface area contributed by atoms with Gasteiger partial charge in [0, 0.05) is 24.7 Å². The topological polar surface area (TPSA) is 54.7 Å². The van der Waals surface area contributed by atoms with Gasteiger partial charge in [-0.1, -0.05) is 0 Å². The smallest absolute Gasteiger partial charge is 0.410 e. The van der Waals surface area contributed by atoms with Crippen molar-refractivity contribution in [3.05, 3.63) is 24.2 Å². The van der Waals surface area contributed by atoms with Gasteiger partial charge in [0.25, 0.3) is 0 Å². The Bertz CT molecular complexity index is 410. The van der Waals surface area contributed by atoms with Gasteiger partial charge in [0.2, 0.25) is 0 Å². The first-order chi connectivity index (χ1) is 9.83. The summed E-state index contributed by atoms with van der Waals surface area (Å²) in [6.07, 6.45) is 4.06. The fraction of sp³-hybridized carbons (Fsp3) is 0.688. The summed E-state index contributed by atoms with van der Waals surface area (Å²) in [6.45, 7) is 11.9. The van der Waals surface area contributed by atoms with E-state index >= 15 is 0 Å². The highest BCUT2D eigenvalue weighted by molar-refractivity contribution is 5.68. The van der Waals surface area contributed by atoms with Gasteiger partial charge < -0.3 is 19.4 Å². The minimum Gasteiger partial charge on any atom is -0.472 e. The van der Waals surface area contributed by atoms with Crippen LogP contribution >= 0.6 is 0 Å². The van der Waals surface area contributed by atoms with E-state index in [4.69, 9.17) is 9.15 Å². The molecule has 21 heavy (non-hydrogen) atoms. The molecule has 1 aromatic heterocycles. The molecule has 0 aromatic carbocycles. The lowest BCUT2D eigenvalue weighted by Crippen LogP contribution is -2.38. The molecule has 1 N–H and O–H groups in total. The molecule has 0 aliphatic carbocycles. The standard InChI is InChI=1S/C16H28N2O3/c1-6-18(15(19)21-16(3,4)5)10-7-9-17-13(2)14-8-11-20-12-14/h8,11-13,17H,6-7,9-10H2,1-5H3. The molecule has 1 atom stereocenters. The van der Waals surface area contributed by atoms with Crippen molar-refractivity contribution in [1.29, 1.82) is 0 Å². The van der Waals surface area contributed by atoms with Crippen LogP contribution < -0.4 is 5.32 Å². The molecule has 1 heterocycles. The molecule has 0 bridgehead atoms. The molecule has 5 nitrogen and oxygen atoms in total. The number of furan rings is 1. The summed E-state index contributed by atoms with van der Waals surface area (Å²) in [5.74, 6) is 0. The predicted octanol–water partition coefficient (Wildman–Crippen LogP) is 3.58. The molecular formula is C16H28N2O3. The van der Waals surface area contributed by atoms with Crippen LogP contribution in [0.15, 0.2) is 23.0 Å². The van der Waals surface area contributed by atoms with Crippen molar-refractivity contribution >= 4 is 6.09 Å². The number of hydrogen-bond acceptors (Lipinski definition) is 4. The lowest BCUT2D eigenvalue weighted by atomic mass is 10.2.